The van der Waals surface area contributed by atoms with Crippen LogP contribution in [0.4, 0.5) is 0 Å². The Hall–Kier alpha value is -0.560. The van der Waals surface area contributed by atoms with Crippen molar-refractivity contribution in [3.63, 3.8) is 0 Å². The molecule has 0 bridgehead atoms. The van der Waals surface area contributed by atoms with Crippen LogP contribution in [0.15, 0.2) is 24.3 Å². The van der Waals surface area contributed by atoms with Gasteiger partial charge in [-0.15, -0.1) is 6.58 Å². The van der Waals surface area contributed by atoms with Crippen LogP contribution in [0.1, 0.15) is 27.2 Å². The first kappa shape index (κ1) is 9.53. The fourth-order valence-electron chi connectivity index (χ4n) is 1.49. The Kier molecular flexibility index (Phi) is 2.73. The number of hydrogen-bond acceptors (Lipinski definition) is 1. The van der Waals surface area contributed by atoms with Crippen LogP contribution in [0.25, 0.3) is 0 Å². The molecule has 0 saturated heterocycles. The third-order valence-corrected chi connectivity index (χ3v) is 2.33. The molecule has 0 N–H and O–H groups in total. The highest BCUT2D eigenvalue weighted by Crippen LogP contribution is 2.30. The fraction of sp³-hybridized carbons (Fsp3) is 0.636. The van der Waals surface area contributed by atoms with Gasteiger partial charge in [-0.1, -0.05) is 19.1 Å². The van der Waals surface area contributed by atoms with Crippen molar-refractivity contribution in [1.29, 1.82) is 0 Å². The van der Waals surface area contributed by atoms with E-state index in [2.05, 4.69) is 33.4 Å². The number of allylic oxidation sites excluding steroid dienone is 1. The Morgan fingerprint density at radius 2 is 2.42 bits per heavy atom. The lowest BCUT2D eigenvalue weighted by Crippen LogP contribution is -2.33. The van der Waals surface area contributed by atoms with Gasteiger partial charge in [-0.3, -0.25) is 0 Å². The molecule has 1 rings (SSSR count). The minimum absolute atomic E-state index is 0.0826. The van der Waals surface area contributed by atoms with Crippen molar-refractivity contribution in [3.05, 3.63) is 24.3 Å². The predicted molar refractivity (Wildman–Crippen MR) is 52.1 cm³/mol. The van der Waals surface area contributed by atoms with E-state index in [9.17, 15) is 0 Å². The molecule has 12 heavy (non-hydrogen) atoms. The zero-order valence-electron chi connectivity index (χ0n) is 8.26. The van der Waals surface area contributed by atoms with Gasteiger partial charge < -0.3 is 4.74 Å². The van der Waals surface area contributed by atoms with E-state index in [-0.39, 0.29) is 5.60 Å². The molecule has 0 aromatic heterocycles. The summed E-state index contributed by atoms with van der Waals surface area (Å²) < 4.78 is 5.73. The molecule has 1 heterocycles. The van der Waals surface area contributed by atoms with E-state index in [1.165, 1.54) is 5.57 Å². The Balaban J connectivity index is 2.80. The zero-order valence-corrected chi connectivity index (χ0v) is 8.26. The second kappa shape index (κ2) is 3.44. The summed E-state index contributed by atoms with van der Waals surface area (Å²) in [6.07, 6.45) is 5.19. The maximum atomic E-state index is 5.73. The van der Waals surface area contributed by atoms with Gasteiger partial charge in [0, 0.05) is 0 Å². The lowest BCUT2D eigenvalue weighted by molar-refractivity contribution is -0.0135. The molecule has 0 saturated carbocycles. The van der Waals surface area contributed by atoms with E-state index in [0.717, 1.165) is 13.0 Å². The van der Waals surface area contributed by atoms with E-state index < -0.39 is 0 Å². The highest BCUT2D eigenvalue weighted by atomic mass is 16.5. The molecule has 0 aromatic carbocycles. The molecule has 0 amide bonds. The molecule has 0 aliphatic carbocycles. The van der Waals surface area contributed by atoms with Crippen molar-refractivity contribution in [2.75, 3.05) is 6.61 Å². The first-order chi connectivity index (χ1) is 5.56. The van der Waals surface area contributed by atoms with E-state index in [1.54, 1.807) is 0 Å². The van der Waals surface area contributed by atoms with Crippen LogP contribution in [0, 0.1) is 5.92 Å². The van der Waals surface area contributed by atoms with Crippen molar-refractivity contribution >= 4 is 0 Å². The lowest BCUT2D eigenvalue weighted by Gasteiger charge is -2.34. The number of ether oxygens (including phenoxy) is 1. The second-order valence-electron chi connectivity index (χ2n) is 3.98. The summed E-state index contributed by atoms with van der Waals surface area (Å²) in [4.78, 5) is 0. The van der Waals surface area contributed by atoms with Crippen molar-refractivity contribution in [2.24, 2.45) is 5.92 Å². The summed E-state index contributed by atoms with van der Waals surface area (Å²) in [7, 11) is 0. The summed E-state index contributed by atoms with van der Waals surface area (Å²) in [6.45, 7) is 11.0. The van der Waals surface area contributed by atoms with Gasteiger partial charge in [-0.05, 0) is 31.8 Å². The van der Waals surface area contributed by atoms with Crippen LogP contribution in [-0.2, 0) is 4.74 Å². The van der Waals surface area contributed by atoms with Crippen molar-refractivity contribution in [1.82, 2.24) is 0 Å². The third-order valence-electron chi connectivity index (χ3n) is 2.33. The summed E-state index contributed by atoms with van der Waals surface area (Å²) in [5.74, 6) is 0.549. The van der Waals surface area contributed by atoms with Crippen LogP contribution in [-0.4, -0.2) is 12.2 Å². The van der Waals surface area contributed by atoms with Gasteiger partial charge in [0.1, 0.15) is 0 Å². The summed E-state index contributed by atoms with van der Waals surface area (Å²) in [6, 6.07) is 0. The van der Waals surface area contributed by atoms with Gasteiger partial charge in [0.25, 0.3) is 0 Å². The van der Waals surface area contributed by atoms with Crippen LogP contribution in [0.3, 0.4) is 0 Å². The second-order valence-corrected chi connectivity index (χ2v) is 3.98. The summed E-state index contributed by atoms with van der Waals surface area (Å²) in [5.41, 5.74) is 1.28. The SMILES string of the molecule is C=CCC1=CC(C)COC1(C)C. The quantitative estimate of drug-likeness (QED) is 0.573. The van der Waals surface area contributed by atoms with Crippen LogP contribution >= 0.6 is 0 Å². The number of rotatable bonds is 2. The molecule has 0 aromatic rings. The molecule has 1 heteroatoms. The Bertz CT molecular complexity index is 201. The summed E-state index contributed by atoms with van der Waals surface area (Å²) in [5, 5.41) is 0. The third kappa shape index (κ3) is 1.98. The largest absolute Gasteiger partial charge is 0.371 e. The van der Waals surface area contributed by atoms with Crippen LogP contribution in [0.2, 0.25) is 0 Å². The minimum atomic E-state index is -0.0826. The van der Waals surface area contributed by atoms with E-state index in [1.807, 2.05) is 6.08 Å². The van der Waals surface area contributed by atoms with Crippen LogP contribution < -0.4 is 0 Å². The lowest BCUT2D eigenvalue weighted by atomic mass is 9.89. The fourth-order valence-corrected chi connectivity index (χ4v) is 1.49. The molecular weight excluding hydrogens is 148 g/mol. The average Bonchev–Trinajstić information content (AvgIpc) is 1.98. The molecule has 1 aliphatic rings. The predicted octanol–water partition coefficient (Wildman–Crippen LogP) is 2.93. The van der Waals surface area contributed by atoms with Gasteiger partial charge in [0.05, 0.1) is 12.2 Å². The summed E-state index contributed by atoms with van der Waals surface area (Å²) >= 11 is 0. The standard InChI is InChI=1S/C11H18O/c1-5-6-10-7-9(2)8-12-11(10,3)4/h5,7,9H,1,6,8H2,2-4H3. The average molecular weight is 166 g/mol. The topological polar surface area (TPSA) is 9.23 Å². The molecule has 0 spiro atoms. The highest BCUT2D eigenvalue weighted by molar-refractivity contribution is 5.20. The van der Waals surface area contributed by atoms with Gasteiger partial charge in [0.15, 0.2) is 0 Å². The van der Waals surface area contributed by atoms with E-state index >= 15 is 0 Å². The first-order valence-corrected chi connectivity index (χ1v) is 4.52. The Morgan fingerprint density at radius 3 is 3.00 bits per heavy atom. The van der Waals surface area contributed by atoms with E-state index in [0.29, 0.717) is 5.92 Å². The maximum Gasteiger partial charge on any atom is 0.0838 e. The normalized spacial score (nSPS) is 27.9. The minimum Gasteiger partial charge on any atom is -0.371 e. The van der Waals surface area contributed by atoms with E-state index in [4.69, 9.17) is 4.74 Å². The molecule has 68 valence electrons. The molecule has 0 radical (unpaired) electrons. The molecule has 1 aliphatic heterocycles. The Morgan fingerprint density at radius 1 is 1.75 bits per heavy atom. The van der Waals surface area contributed by atoms with Crippen molar-refractivity contribution in [2.45, 2.75) is 32.8 Å². The number of hydrogen-bond donors (Lipinski definition) is 0. The van der Waals surface area contributed by atoms with Gasteiger partial charge >= 0.3 is 0 Å². The van der Waals surface area contributed by atoms with Crippen molar-refractivity contribution in [3.8, 4) is 0 Å². The zero-order chi connectivity index (χ0) is 9.19. The molecular formula is C11H18O. The molecule has 1 nitrogen and oxygen atoms in total. The monoisotopic (exact) mass is 166 g/mol. The van der Waals surface area contributed by atoms with Gasteiger partial charge in [0.2, 0.25) is 0 Å². The smallest absolute Gasteiger partial charge is 0.0838 e. The van der Waals surface area contributed by atoms with Crippen molar-refractivity contribution < 1.29 is 4.74 Å². The molecule has 1 unspecified atom stereocenters. The van der Waals surface area contributed by atoms with Gasteiger partial charge in [-0.2, -0.15) is 0 Å². The molecule has 1 atom stereocenters. The maximum absolute atomic E-state index is 5.73. The first-order valence-electron chi connectivity index (χ1n) is 4.52. The van der Waals surface area contributed by atoms with Gasteiger partial charge in [-0.25, -0.2) is 0 Å². The van der Waals surface area contributed by atoms with Crippen LogP contribution in [0.5, 0.6) is 0 Å². The Labute approximate surface area is 75.1 Å². The molecule has 0 fully saturated rings. The highest BCUT2D eigenvalue weighted by Gasteiger charge is 2.27.